The van der Waals surface area contributed by atoms with Crippen molar-refractivity contribution in [1.29, 1.82) is 0 Å². The lowest BCUT2D eigenvalue weighted by atomic mass is 10.1. The molecule has 29 heavy (non-hydrogen) atoms. The third kappa shape index (κ3) is 4.12. The Labute approximate surface area is 168 Å². The maximum Gasteiger partial charge on any atom is 0.251 e. The van der Waals surface area contributed by atoms with E-state index in [0.717, 1.165) is 55.6 Å². The average molecular weight is 392 g/mol. The summed E-state index contributed by atoms with van der Waals surface area (Å²) in [6.45, 7) is 6.18. The van der Waals surface area contributed by atoms with Crippen LogP contribution in [0.5, 0.6) is 0 Å². The lowest BCUT2D eigenvalue weighted by molar-refractivity contribution is 0.0999. The molecular formula is C21H24N6O2. The zero-order valence-electron chi connectivity index (χ0n) is 16.4. The van der Waals surface area contributed by atoms with Crippen LogP contribution in [-0.2, 0) is 13.0 Å². The fraction of sp³-hybridized carbons (Fsp3) is 0.333. The van der Waals surface area contributed by atoms with Gasteiger partial charge in [-0.1, -0.05) is 19.1 Å². The predicted molar refractivity (Wildman–Crippen MR) is 112 cm³/mol. The summed E-state index contributed by atoms with van der Waals surface area (Å²) in [6.07, 6.45) is 3.67. The maximum absolute atomic E-state index is 12.1. The van der Waals surface area contributed by atoms with Gasteiger partial charge >= 0.3 is 0 Å². The van der Waals surface area contributed by atoms with Gasteiger partial charge in [0.05, 0.1) is 5.56 Å². The van der Waals surface area contributed by atoms with Crippen LogP contribution in [0.3, 0.4) is 0 Å². The van der Waals surface area contributed by atoms with Gasteiger partial charge in [-0.3, -0.25) is 14.5 Å². The summed E-state index contributed by atoms with van der Waals surface area (Å²) in [5, 5.41) is 1.06. The highest BCUT2D eigenvalue weighted by atomic mass is 16.1. The smallest absolute Gasteiger partial charge is 0.251 e. The van der Waals surface area contributed by atoms with Crippen LogP contribution in [0.15, 0.2) is 41.5 Å². The second-order valence-corrected chi connectivity index (χ2v) is 7.30. The number of nitrogens with two attached hydrogens (primary N) is 1. The van der Waals surface area contributed by atoms with Crippen LogP contribution < -0.4 is 16.2 Å². The Balaban J connectivity index is 1.40. The normalized spacial score (nSPS) is 15.0. The second-order valence-electron chi connectivity index (χ2n) is 7.30. The molecule has 1 aliphatic rings. The highest BCUT2D eigenvalue weighted by Crippen LogP contribution is 2.17. The van der Waals surface area contributed by atoms with Crippen LogP contribution in [0.4, 0.5) is 5.95 Å². The van der Waals surface area contributed by atoms with Gasteiger partial charge in [0.1, 0.15) is 0 Å². The van der Waals surface area contributed by atoms with Crippen LogP contribution in [0.2, 0.25) is 0 Å². The second kappa shape index (κ2) is 8.00. The zero-order chi connectivity index (χ0) is 20.4. The van der Waals surface area contributed by atoms with Gasteiger partial charge in [-0.2, -0.15) is 0 Å². The Bertz CT molecular complexity index is 1080. The summed E-state index contributed by atoms with van der Waals surface area (Å²) in [6, 6.07) is 8.23. The van der Waals surface area contributed by atoms with E-state index < -0.39 is 5.91 Å². The molecule has 1 saturated heterocycles. The molecule has 0 spiro atoms. The van der Waals surface area contributed by atoms with Gasteiger partial charge in [0.2, 0.25) is 5.95 Å². The number of carbonyl (C=O) groups is 1. The lowest BCUT2D eigenvalue weighted by Crippen LogP contribution is -2.46. The van der Waals surface area contributed by atoms with Crippen molar-refractivity contribution in [1.82, 2.24) is 19.9 Å². The number of hydrogen-bond donors (Lipinski definition) is 2. The fourth-order valence-corrected chi connectivity index (χ4v) is 3.63. The van der Waals surface area contributed by atoms with Crippen molar-refractivity contribution in [2.45, 2.75) is 19.9 Å². The number of aromatic nitrogens is 3. The highest BCUT2D eigenvalue weighted by molar-refractivity contribution is 5.92. The number of primary amides is 1. The number of pyridine rings is 1. The molecular weight excluding hydrogens is 368 g/mol. The van der Waals surface area contributed by atoms with Gasteiger partial charge in [0.15, 0.2) is 0 Å². The molecule has 0 radical (unpaired) electrons. The summed E-state index contributed by atoms with van der Waals surface area (Å²) >= 11 is 0. The minimum absolute atomic E-state index is 0.00637. The van der Waals surface area contributed by atoms with Crippen molar-refractivity contribution >= 4 is 22.8 Å². The molecule has 150 valence electrons. The van der Waals surface area contributed by atoms with E-state index in [4.69, 9.17) is 5.73 Å². The number of hydrogen-bond acceptors (Lipinski definition) is 6. The van der Waals surface area contributed by atoms with E-state index in [1.54, 1.807) is 0 Å². The van der Waals surface area contributed by atoms with Gasteiger partial charge in [0, 0.05) is 56.2 Å². The van der Waals surface area contributed by atoms with Crippen molar-refractivity contribution in [2.75, 3.05) is 31.1 Å². The molecule has 1 fully saturated rings. The van der Waals surface area contributed by atoms with Crippen LogP contribution >= 0.6 is 0 Å². The SMILES string of the molecule is CCc1cc2ccc(CN3CCN(c4ncc(C(N)=O)cn4)CC3)cc2[nH]c1=O. The summed E-state index contributed by atoms with van der Waals surface area (Å²) < 4.78 is 0. The Hall–Kier alpha value is -3.26. The number of benzene rings is 1. The topological polar surface area (TPSA) is 108 Å². The summed E-state index contributed by atoms with van der Waals surface area (Å²) in [4.78, 5) is 39.2. The molecule has 3 heterocycles. The molecule has 0 aliphatic carbocycles. The number of rotatable bonds is 5. The van der Waals surface area contributed by atoms with Crippen LogP contribution in [0.25, 0.3) is 10.9 Å². The van der Waals surface area contributed by atoms with Crippen molar-refractivity contribution < 1.29 is 4.79 Å². The molecule has 4 rings (SSSR count). The Morgan fingerprint density at radius 3 is 2.52 bits per heavy atom. The molecule has 8 heteroatoms. The van der Waals surface area contributed by atoms with Gasteiger partial charge in [-0.05, 0) is 29.5 Å². The zero-order valence-corrected chi connectivity index (χ0v) is 16.4. The maximum atomic E-state index is 12.1. The Morgan fingerprint density at radius 1 is 1.14 bits per heavy atom. The molecule has 2 aromatic heterocycles. The molecule has 0 saturated carbocycles. The summed E-state index contributed by atoms with van der Waals surface area (Å²) in [7, 11) is 0. The van der Waals surface area contributed by atoms with Crippen molar-refractivity contribution in [2.24, 2.45) is 5.73 Å². The fourth-order valence-electron chi connectivity index (χ4n) is 3.63. The number of nitrogens with zero attached hydrogens (tertiary/aromatic N) is 4. The molecule has 0 atom stereocenters. The quantitative estimate of drug-likeness (QED) is 0.678. The van der Waals surface area contributed by atoms with Crippen LogP contribution in [-0.4, -0.2) is 51.9 Å². The standard InChI is InChI=1S/C21H24N6O2/c1-2-15-10-16-4-3-14(9-18(16)25-20(15)29)13-26-5-7-27(8-6-26)21-23-11-17(12-24-21)19(22)28/h3-4,9-12H,2,5-8,13H2,1H3,(H2,22,28)(H,25,29). The largest absolute Gasteiger partial charge is 0.366 e. The third-order valence-electron chi connectivity index (χ3n) is 5.35. The number of piperazine rings is 1. The van der Waals surface area contributed by atoms with E-state index in [2.05, 4.69) is 43.0 Å². The molecule has 3 aromatic rings. The van der Waals surface area contributed by atoms with Gasteiger partial charge in [0.25, 0.3) is 11.5 Å². The first kappa shape index (κ1) is 19.1. The number of aromatic amines is 1. The first-order valence-corrected chi connectivity index (χ1v) is 9.77. The molecule has 8 nitrogen and oxygen atoms in total. The lowest BCUT2D eigenvalue weighted by Gasteiger charge is -2.34. The number of aryl methyl sites for hydroxylation is 1. The Morgan fingerprint density at radius 2 is 1.86 bits per heavy atom. The monoisotopic (exact) mass is 392 g/mol. The molecule has 1 aromatic carbocycles. The van der Waals surface area contributed by atoms with Crippen molar-refractivity contribution in [3.63, 3.8) is 0 Å². The van der Waals surface area contributed by atoms with E-state index in [9.17, 15) is 9.59 Å². The Kier molecular flexibility index (Phi) is 5.26. The van der Waals surface area contributed by atoms with Gasteiger partial charge in [-0.25, -0.2) is 9.97 Å². The summed E-state index contributed by atoms with van der Waals surface area (Å²) in [5.74, 6) is 0.0914. The van der Waals surface area contributed by atoms with E-state index in [1.165, 1.54) is 18.0 Å². The number of anilines is 1. The van der Waals surface area contributed by atoms with E-state index in [-0.39, 0.29) is 5.56 Å². The first-order valence-electron chi connectivity index (χ1n) is 9.77. The van der Waals surface area contributed by atoms with Gasteiger partial charge < -0.3 is 15.6 Å². The van der Waals surface area contributed by atoms with Crippen LogP contribution in [0, 0.1) is 0 Å². The van der Waals surface area contributed by atoms with E-state index in [0.29, 0.717) is 11.5 Å². The van der Waals surface area contributed by atoms with Crippen molar-refractivity contribution in [3.05, 3.63) is 63.7 Å². The minimum atomic E-state index is -0.524. The number of amides is 1. The first-order chi connectivity index (χ1) is 14.0. The average Bonchev–Trinajstić information content (AvgIpc) is 2.74. The summed E-state index contributed by atoms with van der Waals surface area (Å²) in [5.41, 5.74) is 8.41. The number of fused-ring (bicyclic) bond motifs is 1. The molecule has 1 aliphatic heterocycles. The molecule has 0 bridgehead atoms. The third-order valence-corrected chi connectivity index (χ3v) is 5.35. The highest BCUT2D eigenvalue weighted by Gasteiger charge is 2.19. The number of nitrogens with one attached hydrogen (secondary N) is 1. The molecule has 3 N–H and O–H groups in total. The van der Waals surface area contributed by atoms with Crippen LogP contribution in [0.1, 0.15) is 28.4 Å². The minimum Gasteiger partial charge on any atom is -0.366 e. The predicted octanol–water partition coefficient (Wildman–Crippen LogP) is 1.30. The van der Waals surface area contributed by atoms with Crippen molar-refractivity contribution in [3.8, 4) is 0 Å². The van der Waals surface area contributed by atoms with Gasteiger partial charge in [-0.15, -0.1) is 0 Å². The number of carbonyl (C=O) groups excluding carboxylic acids is 1. The molecule has 0 unspecified atom stereocenters. The van der Waals surface area contributed by atoms with E-state index in [1.807, 2.05) is 13.0 Å². The molecule has 1 amide bonds. The number of H-pyrrole nitrogens is 1. The van der Waals surface area contributed by atoms with E-state index >= 15 is 0 Å².